The zero-order valence-electron chi connectivity index (χ0n) is 9.79. The van der Waals surface area contributed by atoms with Gasteiger partial charge in [-0.3, -0.25) is 9.59 Å². The van der Waals surface area contributed by atoms with Gasteiger partial charge in [0.15, 0.2) is 0 Å². The molecule has 0 aliphatic carbocycles. The quantitative estimate of drug-likeness (QED) is 0.787. The van der Waals surface area contributed by atoms with E-state index in [0.29, 0.717) is 10.6 Å². The molecule has 19 heavy (non-hydrogen) atoms. The first-order chi connectivity index (χ1) is 9.15. The van der Waals surface area contributed by atoms with Gasteiger partial charge in [0.05, 0.1) is 5.56 Å². The lowest BCUT2D eigenvalue weighted by Crippen LogP contribution is -2.32. The molecule has 1 aliphatic heterocycles. The normalized spacial score (nSPS) is 15.3. The van der Waals surface area contributed by atoms with Gasteiger partial charge in [-0.1, -0.05) is 0 Å². The number of hydroxylamine groups is 2. The van der Waals surface area contributed by atoms with Crippen molar-refractivity contribution in [3.05, 3.63) is 35.2 Å². The molecule has 96 valence electrons. The molecule has 0 spiro atoms. The van der Waals surface area contributed by atoms with Gasteiger partial charge < -0.3 is 4.84 Å². The van der Waals surface area contributed by atoms with E-state index in [1.54, 1.807) is 23.5 Å². The molecule has 0 unspecified atom stereocenters. The number of rotatable bonds is 2. The third kappa shape index (κ3) is 2.10. The predicted molar refractivity (Wildman–Crippen MR) is 68.3 cm³/mol. The Labute approximate surface area is 112 Å². The van der Waals surface area contributed by atoms with Gasteiger partial charge in [0.1, 0.15) is 0 Å². The van der Waals surface area contributed by atoms with Crippen LogP contribution in [0.3, 0.4) is 0 Å². The minimum atomic E-state index is -0.697. The zero-order valence-corrected chi connectivity index (χ0v) is 10.6. The van der Waals surface area contributed by atoms with Crippen molar-refractivity contribution in [1.29, 1.82) is 0 Å². The number of carbonyl (C=O) groups is 3. The molecule has 2 amide bonds. The summed E-state index contributed by atoms with van der Waals surface area (Å²) in [5.74, 6) is -1.65. The van der Waals surface area contributed by atoms with Crippen LogP contribution in [0, 0.1) is 0 Å². The number of amides is 2. The average Bonchev–Trinajstić information content (AvgIpc) is 2.99. The molecule has 6 heteroatoms. The summed E-state index contributed by atoms with van der Waals surface area (Å²) < 4.78 is 1.06. The first kappa shape index (κ1) is 11.9. The molecular weight excluding hydrogens is 266 g/mol. The molecule has 1 aliphatic rings. The van der Waals surface area contributed by atoms with Crippen molar-refractivity contribution in [1.82, 2.24) is 5.06 Å². The monoisotopic (exact) mass is 275 g/mol. The van der Waals surface area contributed by atoms with E-state index in [2.05, 4.69) is 0 Å². The summed E-state index contributed by atoms with van der Waals surface area (Å²) in [5.41, 5.74) is 0.318. The van der Waals surface area contributed by atoms with Gasteiger partial charge in [-0.25, -0.2) is 4.79 Å². The summed E-state index contributed by atoms with van der Waals surface area (Å²) in [7, 11) is 0. The van der Waals surface area contributed by atoms with Crippen molar-refractivity contribution in [2.75, 3.05) is 0 Å². The molecule has 1 saturated heterocycles. The average molecular weight is 275 g/mol. The Morgan fingerprint density at radius 1 is 1.16 bits per heavy atom. The fourth-order valence-corrected chi connectivity index (χ4v) is 2.66. The van der Waals surface area contributed by atoms with Gasteiger partial charge in [0.25, 0.3) is 11.8 Å². The minimum Gasteiger partial charge on any atom is -0.325 e. The highest BCUT2D eigenvalue weighted by atomic mass is 32.1. The Balaban J connectivity index is 1.83. The molecule has 1 aromatic carbocycles. The molecule has 2 aromatic rings. The third-order valence-electron chi connectivity index (χ3n) is 2.87. The first-order valence-electron chi connectivity index (χ1n) is 5.70. The summed E-state index contributed by atoms with van der Waals surface area (Å²) in [6, 6.07) is 7.00. The van der Waals surface area contributed by atoms with E-state index in [1.165, 1.54) is 0 Å². The Morgan fingerprint density at radius 3 is 2.63 bits per heavy atom. The Kier molecular flexibility index (Phi) is 2.79. The highest BCUT2D eigenvalue weighted by Crippen LogP contribution is 2.22. The van der Waals surface area contributed by atoms with E-state index in [9.17, 15) is 14.4 Å². The summed E-state index contributed by atoms with van der Waals surface area (Å²) >= 11 is 1.57. The largest absolute Gasteiger partial charge is 0.363 e. The maximum Gasteiger partial charge on any atom is 0.363 e. The lowest BCUT2D eigenvalue weighted by Gasteiger charge is -2.12. The number of fused-ring (bicyclic) bond motifs is 1. The Morgan fingerprint density at radius 2 is 1.89 bits per heavy atom. The van der Waals surface area contributed by atoms with Crippen LogP contribution >= 0.6 is 11.3 Å². The second-order valence-corrected chi connectivity index (χ2v) is 5.08. The molecule has 0 N–H and O–H groups in total. The van der Waals surface area contributed by atoms with E-state index >= 15 is 0 Å². The van der Waals surface area contributed by atoms with Crippen LogP contribution < -0.4 is 0 Å². The molecule has 5 nitrogen and oxygen atoms in total. The van der Waals surface area contributed by atoms with Gasteiger partial charge in [0.2, 0.25) is 0 Å². The maximum absolute atomic E-state index is 11.9. The molecule has 1 fully saturated rings. The topological polar surface area (TPSA) is 63.7 Å². The van der Waals surface area contributed by atoms with Gasteiger partial charge >= 0.3 is 5.97 Å². The number of thiophene rings is 1. The van der Waals surface area contributed by atoms with Crippen LogP contribution in [-0.4, -0.2) is 22.8 Å². The lowest BCUT2D eigenvalue weighted by atomic mass is 10.2. The molecule has 2 heterocycles. The van der Waals surface area contributed by atoms with Crippen LogP contribution in [0.25, 0.3) is 10.1 Å². The van der Waals surface area contributed by atoms with Crippen molar-refractivity contribution in [3.8, 4) is 0 Å². The molecule has 0 saturated carbocycles. The van der Waals surface area contributed by atoms with E-state index < -0.39 is 17.8 Å². The molecule has 3 rings (SSSR count). The highest BCUT2D eigenvalue weighted by Gasteiger charge is 2.33. The van der Waals surface area contributed by atoms with Crippen LogP contribution in [0.4, 0.5) is 0 Å². The fraction of sp³-hybridized carbons (Fsp3) is 0.154. The van der Waals surface area contributed by atoms with E-state index in [1.807, 2.05) is 17.5 Å². The fourth-order valence-electron chi connectivity index (χ4n) is 1.89. The number of carbonyl (C=O) groups excluding carboxylic acids is 3. The third-order valence-corrected chi connectivity index (χ3v) is 3.77. The standard InChI is InChI=1S/C13H9NO4S/c15-11-3-4-12(16)14(11)18-13(17)9-1-2-10-8(7-9)5-6-19-10/h1-2,5-7H,3-4H2. The van der Waals surface area contributed by atoms with Crippen molar-refractivity contribution in [2.45, 2.75) is 12.8 Å². The van der Waals surface area contributed by atoms with E-state index in [4.69, 9.17) is 4.84 Å². The van der Waals surface area contributed by atoms with Crippen molar-refractivity contribution in [3.63, 3.8) is 0 Å². The van der Waals surface area contributed by atoms with Crippen molar-refractivity contribution < 1.29 is 19.2 Å². The predicted octanol–water partition coefficient (Wildman–Crippen LogP) is 2.12. The summed E-state index contributed by atoms with van der Waals surface area (Å²) in [6.07, 6.45) is 0.186. The van der Waals surface area contributed by atoms with Gasteiger partial charge in [-0.15, -0.1) is 16.4 Å². The summed E-state index contributed by atoms with van der Waals surface area (Å²) in [5, 5.41) is 3.41. The maximum atomic E-state index is 11.9. The molecule has 0 atom stereocenters. The van der Waals surface area contributed by atoms with E-state index in [-0.39, 0.29) is 12.8 Å². The van der Waals surface area contributed by atoms with E-state index in [0.717, 1.165) is 10.1 Å². The van der Waals surface area contributed by atoms with Crippen LogP contribution in [0.2, 0.25) is 0 Å². The Bertz CT molecular complexity index is 675. The van der Waals surface area contributed by atoms with Crippen LogP contribution in [0.15, 0.2) is 29.6 Å². The number of imide groups is 1. The number of hydrogen-bond donors (Lipinski definition) is 0. The number of hydrogen-bond acceptors (Lipinski definition) is 5. The summed E-state index contributed by atoms with van der Waals surface area (Å²) in [4.78, 5) is 39.4. The molecule has 0 radical (unpaired) electrons. The van der Waals surface area contributed by atoms with Crippen molar-refractivity contribution >= 4 is 39.2 Å². The minimum absolute atomic E-state index is 0.0929. The Hall–Kier alpha value is -2.21. The highest BCUT2D eigenvalue weighted by molar-refractivity contribution is 7.17. The van der Waals surface area contributed by atoms with Crippen molar-refractivity contribution in [2.24, 2.45) is 0 Å². The molecular formula is C13H9NO4S. The molecule has 0 bridgehead atoms. The van der Waals surface area contributed by atoms with Crippen LogP contribution in [0.1, 0.15) is 23.2 Å². The summed E-state index contributed by atoms with van der Waals surface area (Å²) in [6.45, 7) is 0. The second kappa shape index (κ2) is 4.47. The lowest BCUT2D eigenvalue weighted by molar-refractivity contribution is -0.172. The number of nitrogens with zero attached hydrogens (tertiary/aromatic N) is 1. The van der Waals surface area contributed by atoms with Gasteiger partial charge in [-0.2, -0.15) is 0 Å². The van der Waals surface area contributed by atoms with Gasteiger partial charge in [0, 0.05) is 17.5 Å². The number of benzene rings is 1. The zero-order chi connectivity index (χ0) is 13.4. The molecule has 1 aromatic heterocycles. The van der Waals surface area contributed by atoms with Crippen LogP contribution in [0.5, 0.6) is 0 Å². The van der Waals surface area contributed by atoms with Gasteiger partial charge in [-0.05, 0) is 35.0 Å². The first-order valence-corrected chi connectivity index (χ1v) is 6.58. The smallest absolute Gasteiger partial charge is 0.325 e. The SMILES string of the molecule is O=C(ON1C(=O)CCC1=O)c1ccc2sccc2c1. The second-order valence-electron chi connectivity index (χ2n) is 4.13. The van der Waals surface area contributed by atoms with Crippen LogP contribution in [-0.2, 0) is 14.4 Å².